The summed E-state index contributed by atoms with van der Waals surface area (Å²) in [7, 11) is 0. The molecule has 226 valence electrons. The van der Waals surface area contributed by atoms with Crippen LogP contribution in [0.25, 0.3) is 21.6 Å². The fourth-order valence-corrected chi connectivity index (χ4v) is 7.04. The number of aryl methyl sites for hydroxylation is 1. The molecule has 5 heterocycles. The number of aliphatic hydroxyl groups excluding tert-OH is 1. The molecule has 0 saturated carbocycles. The summed E-state index contributed by atoms with van der Waals surface area (Å²) < 4.78 is 0. The number of H-pyrrole nitrogens is 1. The Morgan fingerprint density at radius 2 is 1.98 bits per heavy atom. The maximum Gasteiger partial charge on any atom is 0.280 e. The number of nitrogens with zero attached hydrogens (tertiary/aromatic N) is 4. The van der Waals surface area contributed by atoms with E-state index in [0.29, 0.717) is 17.3 Å². The molecule has 2 atom stereocenters. The number of aliphatic hydroxyl groups is 1. The molecule has 1 aliphatic carbocycles. The first kappa shape index (κ1) is 29.6. The van der Waals surface area contributed by atoms with Crippen molar-refractivity contribution in [3.8, 4) is 11.3 Å². The third-order valence-corrected chi connectivity index (χ3v) is 10.00. The first-order valence-electron chi connectivity index (χ1n) is 15.3. The van der Waals surface area contributed by atoms with Crippen molar-refractivity contribution >= 4 is 27.6 Å². The zero-order chi connectivity index (χ0) is 30.1. The maximum absolute atomic E-state index is 13.6. The Hall–Kier alpha value is -3.47. The second-order valence-corrected chi connectivity index (χ2v) is 14.0. The topological polar surface area (TPSA) is 124 Å². The van der Waals surface area contributed by atoms with Gasteiger partial charge in [0.1, 0.15) is 10.3 Å². The van der Waals surface area contributed by atoms with E-state index in [1.54, 1.807) is 18.5 Å². The number of thiazole rings is 1. The predicted octanol–water partition coefficient (Wildman–Crippen LogP) is 4.91. The standard InChI is InChI=1S/C33H40N6O3S/c1-33(2,3)23-6-8-26-22(16-23)17-28-31(37-26)43-32(38-28)30(42)36-27(12-15-39-13-10-24(40)11-14-39)21-4-7-25(34-18-21)20-5-9-29(41)35-19-20/h4-5,7,9,17-19,23-24,27,40H,6,8,10-16H2,1-3H3,(H,35,41)(H,36,42)/t23-,27+/m0/s1. The highest BCUT2D eigenvalue weighted by Crippen LogP contribution is 2.38. The Kier molecular flexibility index (Phi) is 8.44. The summed E-state index contributed by atoms with van der Waals surface area (Å²) in [5.41, 5.74) is 5.74. The smallest absolute Gasteiger partial charge is 0.280 e. The molecule has 1 amide bonds. The Labute approximate surface area is 255 Å². The number of rotatable bonds is 7. The lowest BCUT2D eigenvalue weighted by atomic mass is 9.71. The van der Waals surface area contributed by atoms with Crippen molar-refractivity contribution < 1.29 is 9.90 Å². The van der Waals surface area contributed by atoms with Crippen molar-refractivity contribution in [3.05, 3.63) is 74.9 Å². The highest BCUT2D eigenvalue weighted by Gasteiger charge is 2.30. The van der Waals surface area contributed by atoms with E-state index < -0.39 is 0 Å². The van der Waals surface area contributed by atoms with Gasteiger partial charge in [-0.1, -0.05) is 38.2 Å². The van der Waals surface area contributed by atoms with E-state index in [-0.39, 0.29) is 29.0 Å². The Morgan fingerprint density at radius 1 is 1.16 bits per heavy atom. The SMILES string of the molecule is CC(C)(C)[C@H]1CCc2nc3sc(C(=O)N[C@H](CCN4CCC(O)CC4)c4ccc(-c5ccc(=O)[nH]c5)nc4)nc3cc2C1. The summed E-state index contributed by atoms with van der Waals surface area (Å²) in [6, 6.07) is 9.00. The van der Waals surface area contributed by atoms with Crippen LogP contribution in [-0.2, 0) is 12.8 Å². The predicted molar refractivity (Wildman–Crippen MR) is 169 cm³/mol. The van der Waals surface area contributed by atoms with E-state index in [1.807, 2.05) is 12.1 Å². The van der Waals surface area contributed by atoms with Crippen LogP contribution in [0.2, 0.25) is 0 Å². The van der Waals surface area contributed by atoms with Crippen LogP contribution in [0.3, 0.4) is 0 Å². The van der Waals surface area contributed by atoms with Crippen molar-refractivity contribution in [1.29, 1.82) is 0 Å². The van der Waals surface area contributed by atoms with E-state index >= 15 is 0 Å². The summed E-state index contributed by atoms with van der Waals surface area (Å²) in [5.74, 6) is 0.395. The number of pyridine rings is 3. The minimum atomic E-state index is -0.266. The lowest BCUT2D eigenvalue weighted by Gasteiger charge is -2.34. The van der Waals surface area contributed by atoms with Gasteiger partial charge in [0.05, 0.1) is 17.8 Å². The van der Waals surface area contributed by atoms with Gasteiger partial charge in [0.2, 0.25) is 5.56 Å². The van der Waals surface area contributed by atoms with Crippen LogP contribution in [0, 0.1) is 11.3 Å². The number of hydrogen-bond acceptors (Lipinski definition) is 8. The third kappa shape index (κ3) is 6.87. The molecule has 4 aromatic heterocycles. The Bertz CT molecular complexity index is 1630. The number of carbonyl (C=O) groups is 1. The van der Waals surface area contributed by atoms with Crippen LogP contribution in [0.4, 0.5) is 0 Å². The molecule has 0 unspecified atom stereocenters. The molecule has 43 heavy (non-hydrogen) atoms. The maximum atomic E-state index is 13.6. The molecule has 0 spiro atoms. The number of nitrogens with one attached hydrogen (secondary N) is 2. The summed E-state index contributed by atoms with van der Waals surface area (Å²) in [6.45, 7) is 9.39. The molecule has 9 nitrogen and oxygen atoms in total. The van der Waals surface area contributed by atoms with Gasteiger partial charge in [-0.3, -0.25) is 14.6 Å². The van der Waals surface area contributed by atoms with E-state index in [9.17, 15) is 14.7 Å². The summed E-state index contributed by atoms with van der Waals surface area (Å²) in [6.07, 6.45) is 8.55. The minimum Gasteiger partial charge on any atom is -0.393 e. The molecule has 0 aromatic carbocycles. The number of hydrogen-bond donors (Lipinski definition) is 3. The molecule has 0 bridgehead atoms. The van der Waals surface area contributed by atoms with Crippen LogP contribution in [0.5, 0.6) is 0 Å². The average molecular weight is 601 g/mol. The molecule has 4 aromatic rings. The highest BCUT2D eigenvalue weighted by atomic mass is 32.1. The van der Waals surface area contributed by atoms with Crippen LogP contribution < -0.4 is 10.9 Å². The second-order valence-electron chi connectivity index (χ2n) is 13.0. The Morgan fingerprint density at radius 3 is 2.67 bits per heavy atom. The molecule has 1 fully saturated rings. The quantitative estimate of drug-likeness (QED) is 0.275. The lowest BCUT2D eigenvalue weighted by molar-refractivity contribution is 0.0795. The van der Waals surface area contributed by atoms with Gasteiger partial charge in [-0.15, -0.1) is 0 Å². The zero-order valence-corrected chi connectivity index (χ0v) is 25.9. The van der Waals surface area contributed by atoms with E-state index in [4.69, 9.17) is 9.97 Å². The normalized spacial score (nSPS) is 18.8. The highest BCUT2D eigenvalue weighted by molar-refractivity contribution is 7.19. The number of aromatic nitrogens is 4. The number of piperidine rings is 1. The lowest BCUT2D eigenvalue weighted by Crippen LogP contribution is -2.38. The monoisotopic (exact) mass is 600 g/mol. The summed E-state index contributed by atoms with van der Waals surface area (Å²) in [4.78, 5) is 45.2. The van der Waals surface area contributed by atoms with Crippen LogP contribution >= 0.6 is 11.3 Å². The van der Waals surface area contributed by atoms with Gasteiger partial charge in [-0.25, -0.2) is 9.97 Å². The number of amides is 1. The van der Waals surface area contributed by atoms with Gasteiger partial charge in [-0.2, -0.15) is 0 Å². The average Bonchev–Trinajstić information content (AvgIpc) is 3.41. The van der Waals surface area contributed by atoms with Gasteiger partial charge < -0.3 is 20.3 Å². The summed E-state index contributed by atoms with van der Waals surface area (Å²) in [5, 5.41) is 13.6. The van der Waals surface area contributed by atoms with Crippen LogP contribution in [-0.4, -0.2) is 61.6 Å². The molecule has 3 N–H and O–H groups in total. The van der Waals surface area contributed by atoms with Gasteiger partial charge in [0.25, 0.3) is 5.91 Å². The molecular formula is C33H40N6O3S. The van der Waals surface area contributed by atoms with Crippen molar-refractivity contribution in [2.45, 2.75) is 71.4 Å². The molecular weight excluding hydrogens is 560 g/mol. The summed E-state index contributed by atoms with van der Waals surface area (Å²) >= 11 is 1.35. The van der Waals surface area contributed by atoms with E-state index in [0.717, 1.165) is 84.6 Å². The first-order chi connectivity index (χ1) is 20.6. The van der Waals surface area contributed by atoms with Crippen LogP contribution in [0.1, 0.15) is 79.1 Å². The van der Waals surface area contributed by atoms with Crippen molar-refractivity contribution in [3.63, 3.8) is 0 Å². The Balaban J connectivity index is 1.21. The van der Waals surface area contributed by atoms with E-state index in [2.05, 4.69) is 47.0 Å². The molecule has 6 rings (SSSR count). The fourth-order valence-electron chi connectivity index (χ4n) is 6.20. The third-order valence-electron chi connectivity index (χ3n) is 9.03. The van der Waals surface area contributed by atoms with Crippen LogP contribution in [0.15, 0.2) is 47.5 Å². The number of aromatic amines is 1. The molecule has 1 saturated heterocycles. The van der Waals surface area contributed by atoms with Crippen molar-refractivity contribution in [2.75, 3.05) is 19.6 Å². The molecule has 0 radical (unpaired) electrons. The molecule has 2 aliphatic rings. The first-order valence-corrected chi connectivity index (χ1v) is 16.1. The largest absolute Gasteiger partial charge is 0.393 e. The van der Waals surface area contributed by atoms with Gasteiger partial charge >= 0.3 is 0 Å². The second kappa shape index (κ2) is 12.3. The van der Waals surface area contributed by atoms with E-state index in [1.165, 1.54) is 23.0 Å². The van der Waals surface area contributed by atoms with Gasteiger partial charge in [-0.05, 0) is 79.2 Å². The number of carbonyl (C=O) groups excluding carboxylic acids is 1. The molecule has 1 aliphatic heterocycles. The van der Waals surface area contributed by atoms with Gasteiger partial charge in [0, 0.05) is 49.4 Å². The number of likely N-dealkylation sites (tertiary alicyclic amines) is 1. The van der Waals surface area contributed by atoms with Crippen molar-refractivity contribution in [2.24, 2.45) is 11.3 Å². The fraction of sp³-hybridized carbons (Fsp3) is 0.485. The van der Waals surface area contributed by atoms with Gasteiger partial charge in [0.15, 0.2) is 5.01 Å². The number of fused-ring (bicyclic) bond motifs is 2. The molecule has 10 heteroatoms. The minimum absolute atomic E-state index is 0.160. The van der Waals surface area contributed by atoms with Crippen molar-refractivity contribution in [1.82, 2.24) is 30.2 Å². The zero-order valence-electron chi connectivity index (χ0n) is 25.1.